The largest absolute Gasteiger partial charge is 0.387 e. The zero-order chi connectivity index (χ0) is 8.32. The minimum absolute atomic E-state index is 0.411. The Balaban J connectivity index is 2.38. The molecule has 66 valence electrons. The fraction of sp³-hybridized carbons (Fsp3) is 1.00. The monoisotopic (exact) mass is 158 g/mol. The van der Waals surface area contributed by atoms with Crippen molar-refractivity contribution in [3.8, 4) is 0 Å². The van der Waals surface area contributed by atoms with Crippen molar-refractivity contribution in [2.24, 2.45) is 5.92 Å². The Kier molecular flexibility index (Phi) is 2.90. The van der Waals surface area contributed by atoms with Crippen molar-refractivity contribution in [3.05, 3.63) is 0 Å². The van der Waals surface area contributed by atoms with Gasteiger partial charge in [0.1, 0.15) is 0 Å². The van der Waals surface area contributed by atoms with Crippen LogP contribution in [0.1, 0.15) is 33.1 Å². The predicted octanol–water partition coefficient (Wildman–Crippen LogP) is 1.57. The normalized spacial score (nSPS) is 37.9. The highest BCUT2D eigenvalue weighted by atomic mass is 16.5. The number of ether oxygens (including phenoxy) is 1. The van der Waals surface area contributed by atoms with Gasteiger partial charge in [-0.25, -0.2) is 0 Å². The molecule has 1 N–H and O–H groups in total. The van der Waals surface area contributed by atoms with Crippen LogP contribution in [0.25, 0.3) is 0 Å². The molecule has 0 aromatic rings. The predicted molar refractivity (Wildman–Crippen MR) is 44.5 cm³/mol. The highest BCUT2D eigenvalue weighted by Gasteiger charge is 2.38. The Morgan fingerprint density at radius 2 is 2.36 bits per heavy atom. The molecular weight excluding hydrogens is 140 g/mol. The molecule has 1 aliphatic rings. The van der Waals surface area contributed by atoms with Crippen molar-refractivity contribution in [3.63, 3.8) is 0 Å². The van der Waals surface area contributed by atoms with Gasteiger partial charge in [0.15, 0.2) is 0 Å². The summed E-state index contributed by atoms with van der Waals surface area (Å²) in [5.41, 5.74) is -0.518. The highest BCUT2D eigenvalue weighted by Crippen LogP contribution is 2.35. The van der Waals surface area contributed by atoms with Crippen LogP contribution in [-0.4, -0.2) is 23.9 Å². The van der Waals surface area contributed by atoms with Crippen LogP contribution >= 0.6 is 0 Å². The fourth-order valence-corrected chi connectivity index (χ4v) is 1.72. The maximum atomic E-state index is 9.97. The van der Waals surface area contributed by atoms with E-state index in [4.69, 9.17) is 4.74 Å². The first-order valence-electron chi connectivity index (χ1n) is 4.49. The van der Waals surface area contributed by atoms with Crippen molar-refractivity contribution in [1.29, 1.82) is 0 Å². The standard InChI is InChI=1S/C9H18O2/c1-3-11-7-9(10)6-4-5-8(9)2/h8,10H,3-7H2,1-2H3. The van der Waals surface area contributed by atoms with Crippen LogP contribution < -0.4 is 0 Å². The second-order valence-electron chi connectivity index (χ2n) is 3.53. The van der Waals surface area contributed by atoms with E-state index < -0.39 is 5.60 Å². The van der Waals surface area contributed by atoms with E-state index in [1.54, 1.807) is 0 Å². The molecule has 0 radical (unpaired) electrons. The Bertz CT molecular complexity index is 125. The summed E-state index contributed by atoms with van der Waals surface area (Å²) in [7, 11) is 0. The lowest BCUT2D eigenvalue weighted by Gasteiger charge is -2.26. The molecule has 0 spiro atoms. The molecule has 0 heterocycles. The fourth-order valence-electron chi connectivity index (χ4n) is 1.72. The summed E-state index contributed by atoms with van der Waals surface area (Å²) in [5.74, 6) is 0.411. The molecule has 1 aliphatic carbocycles. The summed E-state index contributed by atoms with van der Waals surface area (Å²) < 4.78 is 5.24. The summed E-state index contributed by atoms with van der Waals surface area (Å²) in [6.45, 7) is 5.29. The Morgan fingerprint density at radius 1 is 1.64 bits per heavy atom. The van der Waals surface area contributed by atoms with Crippen molar-refractivity contribution in [1.82, 2.24) is 0 Å². The zero-order valence-electron chi connectivity index (χ0n) is 7.47. The molecule has 1 saturated carbocycles. The lowest BCUT2D eigenvalue weighted by atomic mass is 9.94. The van der Waals surface area contributed by atoms with Crippen molar-refractivity contribution >= 4 is 0 Å². The van der Waals surface area contributed by atoms with Crippen molar-refractivity contribution in [2.75, 3.05) is 13.2 Å². The molecular formula is C9H18O2. The third-order valence-corrected chi connectivity index (χ3v) is 2.72. The lowest BCUT2D eigenvalue weighted by molar-refractivity contribution is -0.0638. The molecule has 2 unspecified atom stereocenters. The molecule has 0 bridgehead atoms. The van der Waals surface area contributed by atoms with E-state index in [2.05, 4.69) is 6.92 Å². The third kappa shape index (κ3) is 1.94. The Hall–Kier alpha value is -0.0800. The molecule has 0 aromatic heterocycles. The van der Waals surface area contributed by atoms with E-state index in [0.717, 1.165) is 19.3 Å². The van der Waals surface area contributed by atoms with E-state index in [0.29, 0.717) is 19.1 Å². The molecule has 0 saturated heterocycles. The van der Waals surface area contributed by atoms with Crippen LogP contribution in [0, 0.1) is 5.92 Å². The lowest BCUT2D eigenvalue weighted by Crippen LogP contribution is -2.36. The molecule has 2 atom stereocenters. The molecule has 1 rings (SSSR count). The van der Waals surface area contributed by atoms with E-state index in [9.17, 15) is 5.11 Å². The van der Waals surface area contributed by atoms with Gasteiger partial charge < -0.3 is 9.84 Å². The van der Waals surface area contributed by atoms with Gasteiger partial charge >= 0.3 is 0 Å². The third-order valence-electron chi connectivity index (χ3n) is 2.72. The number of hydrogen-bond acceptors (Lipinski definition) is 2. The molecule has 2 nitrogen and oxygen atoms in total. The summed E-state index contributed by atoms with van der Waals surface area (Å²) in [6.07, 6.45) is 3.20. The number of rotatable bonds is 3. The second-order valence-corrected chi connectivity index (χ2v) is 3.53. The Labute approximate surface area is 68.6 Å². The quantitative estimate of drug-likeness (QED) is 0.675. The van der Waals surface area contributed by atoms with Gasteiger partial charge in [0, 0.05) is 6.61 Å². The maximum absolute atomic E-state index is 9.97. The molecule has 1 fully saturated rings. The molecule has 0 aromatic carbocycles. The topological polar surface area (TPSA) is 29.5 Å². The first kappa shape index (κ1) is 9.01. The van der Waals surface area contributed by atoms with Gasteiger partial charge in [0.05, 0.1) is 12.2 Å². The van der Waals surface area contributed by atoms with E-state index in [-0.39, 0.29) is 0 Å². The minimum atomic E-state index is -0.518. The molecule has 2 heteroatoms. The van der Waals surface area contributed by atoms with Gasteiger partial charge in [0.25, 0.3) is 0 Å². The average Bonchev–Trinajstić information content (AvgIpc) is 2.30. The van der Waals surface area contributed by atoms with Gasteiger partial charge in [-0.2, -0.15) is 0 Å². The van der Waals surface area contributed by atoms with Gasteiger partial charge in [-0.15, -0.1) is 0 Å². The molecule has 0 amide bonds. The summed E-state index contributed by atoms with van der Waals surface area (Å²) in [5, 5.41) is 9.97. The van der Waals surface area contributed by atoms with Gasteiger partial charge in [0.2, 0.25) is 0 Å². The van der Waals surface area contributed by atoms with Crippen molar-refractivity contribution in [2.45, 2.75) is 38.7 Å². The molecule has 11 heavy (non-hydrogen) atoms. The Morgan fingerprint density at radius 3 is 2.82 bits per heavy atom. The first-order valence-corrected chi connectivity index (χ1v) is 4.49. The average molecular weight is 158 g/mol. The van der Waals surface area contributed by atoms with Crippen LogP contribution in [0.5, 0.6) is 0 Å². The summed E-state index contributed by atoms with van der Waals surface area (Å²) >= 11 is 0. The minimum Gasteiger partial charge on any atom is -0.387 e. The van der Waals surface area contributed by atoms with Crippen LogP contribution in [-0.2, 0) is 4.74 Å². The van der Waals surface area contributed by atoms with Gasteiger partial charge in [-0.3, -0.25) is 0 Å². The van der Waals surface area contributed by atoms with Gasteiger partial charge in [-0.05, 0) is 25.7 Å². The van der Waals surface area contributed by atoms with E-state index in [1.165, 1.54) is 0 Å². The summed E-state index contributed by atoms with van der Waals surface area (Å²) in [4.78, 5) is 0. The van der Waals surface area contributed by atoms with Crippen LogP contribution in [0.15, 0.2) is 0 Å². The number of hydrogen-bond donors (Lipinski definition) is 1. The van der Waals surface area contributed by atoms with E-state index >= 15 is 0 Å². The van der Waals surface area contributed by atoms with Crippen molar-refractivity contribution < 1.29 is 9.84 Å². The van der Waals surface area contributed by atoms with E-state index in [1.807, 2.05) is 6.92 Å². The smallest absolute Gasteiger partial charge is 0.0905 e. The zero-order valence-corrected chi connectivity index (χ0v) is 7.47. The first-order chi connectivity index (χ1) is 5.19. The maximum Gasteiger partial charge on any atom is 0.0905 e. The van der Waals surface area contributed by atoms with Crippen LogP contribution in [0.2, 0.25) is 0 Å². The number of aliphatic hydroxyl groups is 1. The van der Waals surface area contributed by atoms with Gasteiger partial charge in [-0.1, -0.05) is 13.3 Å². The highest BCUT2D eigenvalue weighted by molar-refractivity contribution is 4.89. The second kappa shape index (κ2) is 3.55. The summed E-state index contributed by atoms with van der Waals surface area (Å²) in [6, 6.07) is 0. The SMILES string of the molecule is CCOCC1(O)CCCC1C. The molecule has 0 aliphatic heterocycles. The van der Waals surface area contributed by atoms with Crippen LogP contribution in [0.3, 0.4) is 0 Å². The van der Waals surface area contributed by atoms with Crippen LogP contribution in [0.4, 0.5) is 0 Å².